The molecule has 2 saturated carbocycles. The molecule has 156 valence electrons. The van der Waals surface area contributed by atoms with Gasteiger partial charge in [-0.05, 0) is 37.5 Å². The van der Waals surface area contributed by atoms with E-state index in [0.29, 0.717) is 40.4 Å². The van der Waals surface area contributed by atoms with Gasteiger partial charge in [-0.1, -0.05) is 11.6 Å². The number of likely N-dealkylation sites (tertiary alicyclic amines) is 1. The highest BCUT2D eigenvalue weighted by Crippen LogP contribution is 2.41. The summed E-state index contributed by atoms with van der Waals surface area (Å²) < 4.78 is 0. The van der Waals surface area contributed by atoms with Crippen LogP contribution in [0.2, 0.25) is 5.02 Å². The molecule has 0 aromatic carbocycles. The molecular weight excluding hydrogens is 404 g/mol. The Bertz CT molecular complexity index is 983. The van der Waals surface area contributed by atoms with Crippen LogP contribution in [0.25, 0.3) is 0 Å². The van der Waals surface area contributed by atoms with E-state index in [-0.39, 0.29) is 18.4 Å². The second-order valence-corrected chi connectivity index (χ2v) is 8.87. The molecule has 2 aliphatic carbocycles. The van der Waals surface area contributed by atoms with Gasteiger partial charge in [0.05, 0.1) is 12.3 Å². The minimum atomic E-state index is -0.0609. The van der Waals surface area contributed by atoms with Gasteiger partial charge >= 0.3 is 0 Å². The first-order chi connectivity index (χ1) is 14.6. The van der Waals surface area contributed by atoms with E-state index in [2.05, 4.69) is 30.8 Å². The maximum absolute atomic E-state index is 12.0. The number of nitrogens with one attached hydrogen (secondary N) is 3. The summed E-state index contributed by atoms with van der Waals surface area (Å²) in [7, 11) is 0. The molecule has 10 heteroatoms. The number of halogens is 1. The van der Waals surface area contributed by atoms with Gasteiger partial charge in [-0.2, -0.15) is 15.3 Å². The zero-order chi connectivity index (χ0) is 20.7. The van der Waals surface area contributed by atoms with Crippen LogP contribution in [0, 0.1) is 23.2 Å². The Morgan fingerprint density at radius 1 is 1.33 bits per heavy atom. The monoisotopic (exact) mass is 426 g/mol. The van der Waals surface area contributed by atoms with Gasteiger partial charge in [0.15, 0.2) is 11.6 Å². The van der Waals surface area contributed by atoms with Crippen LogP contribution in [0.1, 0.15) is 43.7 Å². The molecule has 2 unspecified atom stereocenters. The molecule has 30 heavy (non-hydrogen) atoms. The van der Waals surface area contributed by atoms with Gasteiger partial charge in [0.2, 0.25) is 11.9 Å². The Morgan fingerprint density at radius 2 is 2.10 bits per heavy atom. The van der Waals surface area contributed by atoms with Gasteiger partial charge < -0.3 is 15.5 Å². The molecule has 0 bridgehead atoms. The molecular formula is C20H23ClN8O. The number of fused-ring (bicyclic) bond motifs is 1. The number of H-pyrrole nitrogens is 1. The number of hydrogen-bond donors (Lipinski definition) is 3. The maximum Gasteiger partial charge on any atom is 0.236 e. The maximum atomic E-state index is 12.0. The van der Waals surface area contributed by atoms with Gasteiger partial charge in [0, 0.05) is 36.8 Å². The van der Waals surface area contributed by atoms with Crippen LogP contribution in [-0.2, 0) is 4.79 Å². The minimum Gasteiger partial charge on any atom is -0.366 e. The average Bonchev–Trinajstić information content (AvgIpc) is 3.15. The lowest BCUT2D eigenvalue weighted by molar-refractivity contribution is -0.129. The lowest BCUT2D eigenvalue weighted by Crippen LogP contribution is -2.30. The number of carbonyl (C=O) groups is 1. The second-order valence-electron chi connectivity index (χ2n) is 8.46. The van der Waals surface area contributed by atoms with Crippen LogP contribution in [0.15, 0.2) is 12.3 Å². The Kier molecular flexibility index (Phi) is 4.95. The first-order valence-electron chi connectivity index (χ1n) is 10.3. The minimum absolute atomic E-state index is 0.0361. The predicted octanol–water partition coefficient (Wildman–Crippen LogP) is 3.04. The number of aromatic amines is 1. The molecule has 2 aromatic rings. The molecule has 9 nitrogen and oxygen atoms in total. The normalized spacial score (nSPS) is 25.1. The number of nitrogens with zero attached hydrogens (tertiary/aromatic N) is 5. The summed E-state index contributed by atoms with van der Waals surface area (Å²) in [5.74, 6) is 3.19. The zero-order valence-corrected chi connectivity index (χ0v) is 17.2. The van der Waals surface area contributed by atoms with Crippen molar-refractivity contribution in [2.24, 2.45) is 11.8 Å². The molecule has 2 atom stereocenters. The summed E-state index contributed by atoms with van der Waals surface area (Å²) in [6, 6.07) is 4.20. The molecule has 0 spiro atoms. The molecule has 3 aliphatic rings. The van der Waals surface area contributed by atoms with Gasteiger partial charge in [0.25, 0.3) is 0 Å². The van der Waals surface area contributed by atoms with Crippen LogP contribution in [-0.4, -0.2) is 50.1 Å². The van der Waals surface area contributed by atoms with E-state index < -0.39 is 0 Å². The Labute approximate surface area is 179 Å². The average molecular weight is 427 g/mol. The molecule has 1 saturated heterocycles. The van der Waals surface area contributed by atoms with Crippen molar-refractivity contribution in [2.75, 3.05) is 23.7 Å². The SMILES string of the molecule is N#CCC(=O)N1CC2CC(Nc3nc(Nc4cc(C5CC5)[nH]n4)ncc3Cl)CC2C1. The molecule has 0 radical (unpaired) electrons. The third kappa shape index (κ3) is 3.92. The quantitative estimate of drug-likeness (QED) is 0.648. The smallest absolute Gasteiger partial charge is 0.236 e. The Hall–Kier alpha value is -2.86. The van der Waals surface area contributed by atoms with Crippen LogP contribution in [0.3, 0.4) is 0 Å². The van der Waals surface area contributed by atoms with Crippen molar-refractivity contribution < 1.29 is 4.79 Å². The number of aromatic nitrogens is 4. The third-order valence-electron chi connectivity index (χ3n) is 6.27. The van der Waals surface area contributed by atoms with E-state index in [1.807, 2.05) is 17.0 Å². The van der Waals surface area contributed by atoms with E-state index in [4.69, 9.17) is 16.9 Å². The van der Waals surface area contributed by atoms with E-state index in [0.717, 1.165) is 31.6 Å². The van der Waals surface area contributed by atoms with Crippen molar-refractivity contribution in [3.05, 3.63) is 23.0 Å². The molecule has 1 amide bonds. The van der Waals surface area contributed by atoms with Crippen LogP contribution in [0.5, 0.6) is 0 Å². The Balaban J connectivity index is 1.20. The lowest BCUT2D eigenvalue weighted by Gasteiger charge is -2.20. The standard InChI is InChI=1S/C20H23ClN8O/c21-15-8-23-20(25-17-7-16(27-28-17)11-1-2-11)26-19(15)24-14-5-12-9-29(10-13(12)6-14)18(30)3-4-22/h7-8,11-14H,1-3,5-6,9-10H2,(H3,23,24,25,26,27,28). The van der Waals surface area contributed by atoms with E-state index in [1.165, 1.54) is 12.8 Å². The lowest BCUT2D eigenvalue weighted by atomic mass is 10.0. The van der Waals surface area contributed by atoms with E-state index >= 15 is 0 Å². The molecule has 3 heterocycles. The van der Waals surface area contributed by atoms with Crippen LogP contribution < -0.4 is 10.6 Å². The summed E-state index contributed by atoms with van der Waals surface area (Å²) in [5.41, 5.74) is 1.14. The van der Waals surface area contributed by atoms with E-state index in [1.54, 1.807) is 6.20 Å². The van der Waals surface area contributed by atoms with Crippen LogP contribution in [0.4, 0.5) is 17.6 Å². The number of hydrogen-bond acceptors (Lipinski definition) is 7. The molecule has 1 aliphatic heterocycles. The second kappa shape index (κ2) is 7.76. The summed E-state index contributed by atoms with van der Waals surface area (Å²) in [4.78, 5) is 22.6. The van der Waals surface area contributed by atoms with Gasteiger partial charge in [-0.15, -0.1) is 0 Å². The first-order valence-corrected chi connectivity index (χ1v) is 10.7. The number of anilines is 3. The molecule has 3 fully saturated rings. The molecule has 2 aromatic heterocycles. The number of carbonyl (C=O) groups excluding carboxylic acids is 1. The third-order valence-corrected chi connectivity index (χ3v) is 6.55. The van der Waals surface area contributed by atoms with Gasteiger partial charge in [-0.25, -0.2) is 4.98 Å². The predicted molar refractivity (Wildman–Crippen MR) is 111 cm³/mol. The van der Waals surface area contributed by atoms with Crippen molar-refractivity contribution in [2.45, 2.75) is 44.1 Å². The highest BCUT2D eigenvalue weighted by atomic mass is 35.5. The van der Waals surface area contributed by atoms with E-state index in [9.17, 15) is 4.79 Å². The molecule has 3 N–H and O–H groups in total. The van der Waals surface area contributed by atoms with Crippen molar-refractivity contribution in [1.29, 1.82) is 5.26 Å². The summed E-state index contributed by atoms with van der Waals surface area (Å²) in [5, 5.41) is 23.1. The van der Waals surface area contributed by atoms with Crippen molar-refractivity contribution >= 4 is 35.1 Å². The fraction of sp³-hybridized carbons (Fsp3) is 0.550. The highest BCUT2D eigenvalue weighted by molar-refractivity contribution is 6.32. The van der Waals surface area contributed by atoms with Crippen molar-refractivity contribution in [3.63, 3.8) is 0 Å². The zero-order valence-electron chi connectivity index (χ0n) is 16.4. The summed E-state index contributed by atoms with van der Waals surface area (Å²) in [6.45, 7) is 1.46. The fourth-order valence-corrected chi connectivity index (χ4v) is 4.79. The number of rotatable bonds is 6. The van der Waals surface area contributed by atoms with Crippen molar-refractivity contribution in [1.82, 2.24) is 25.1 Å². The van der Waals surface area contributed by atoms with Crippen molar-refractivity contribution in [3.8, 4) is 6.07 Å². The largest absolute Gasteiger partial charge is 0.366 e. The number of nitriles is 1. The summed E-state index contributed by atoms with van der Waals surface area (Å²) >= 11 is 6.33. The Morgan fingerprint density at radius 3 is 2.80 bits per heavy atom. The van der Waals surface area contributed by atoms with Gasteiger partial charge in [0.1, 0.15) is 11.4 Å². The number of amides is 1. The first kappa shape index (κ1) is 19.1. The van der Waals surface area contributed by atoms with Crippen LogP contribution >= 0.6 is 11.6 Å². The van der Waals surface area contributed by atoms with Gasteiger partial charge in [-0.3, -0.25) is 9.89 Å². The highest BCUT2D eigenvalue weighted by Gasteiger charge is 2.42. The topological polar surface area (TPSA) is 123 Å². The molecule has 5 rings (SSSR count). The summed E-state index contributed by atoms with van der Waals surface area (Å²) in [6.07, 6.45) is 5.88. The fourth-order valence-electron chi connectivity index (χ4n) is 4.64.